The van der Waals surface area contributed by atoms with Crippen LogP contribution in [0, 0.1) is 11.8 Å². The van der Waals surface area contributed by atoms with Gasteiger partial charge in [-0.1, -0.05) is 13.8 Å². The first kappa shape index (κ1) is 12.3. The van der Waals surface area contributed by atoms with Crippen molar-refractivity contribution in [3.63, 3.8) is 0 Å². The van der Waals surface area contributed by atoms with Gasteiger partial charge in [-0.3, -0.25) is 0 Å². The molecule has 0 saturated heterocycles. The molecule has 1 aliphatic carbocycles. The summed E-state index contributed by atoms with van der Waals surface area (Å²) in [5.74, 6) is 2.14. The Kier molecular flexibility index (Phi) is 3.63. The molecule has 0 aromatic heterocycles. The fourth-order valence-electron chi connectivity index (χ4n) is 1.84. The van der Waals surface area contributed by atoms with E-state index in [0.717, 1.165) is 11.8 Å². The molecule has 0 aliphatic heterocycles. The van der Waals surface area contributed by atoms with Gasteiger partial charge in [-0.15, -0.1) is 0 Å². The second-order valence-electron chi connectivity index (χ2n) is 6.08. The number of nitrogens with zero attached hydrogens (tertiary/aromatic N) is 1. The molecule has 0 aromatic rings. The van der Waals surface area contributed by atoms with Gasteiger partial charge in [0.25, 0.3) is 0 Å². The highest BCUT2D eigenvalue weighted by Crippen LogP contribution is 2.38. The van der Waals surface area contributed by atoms with Crippen molar-refractivity contribution in [3.8, 4) is 0 Å². The van der Waals surface area contributed by atoms with Crippen LogP contribution in [0.5, 0.6) is 0 Å². The van der Waals surface area contributed by atoms with Gasteiger partial charge in [-0.05, 0) is 45.4 Å². The van der Waals surface area contributed by atoms with Crippen LogP contribution in [0.2, 0.25) is 0 Å². The minimum atomic E-state index is 0.00994. The fraction of sp³-hybridized carbons (Fsp3) is 0.917. The van der Waals surface area contributed by atoms with Crippen molar-refractivity contribution in [2.45, 2.75) is 59.0 Å². The van der Waals surface area contributed by atoms with Crippen molar-refractivity contribution in [2.24, 2.45) is 22.6 Å². The molecule has 0 unspecified atom stereocenters. The van der Waals surface area contributed by atoms with E-state index in [9.17, 15) is 0 Å². The monoisotopic (exact) mass is 211 g/mol. The molecule has 1 rings (SSSR count). The Hall–Kier alpha value is -0.730. The molecular weight excluding hydrogens is 186 g/mol. The van der Waals surface area contributed by atoms with E-state index in [4.69, 9.17) is 5.73 Å². The van der Waals surface area contributed by atoms with Gasteiger partial charge in [0.2, 0.25) is 0 Å². The van der Waals surface area contributed by atoms with Gasteiger partial charge in [-0.2, -0.15) is 0 Å². The van der Waals surface area contributed by atoms with Crippen molar-refractivity contribution in [1.29, 1.82) is 0 Å². The third-order valence-electron chi connectivity index (χ3n) is 2.47. The summed E-state index contributed by atoms with van der Waals surface area (Å²) in [6, 6.07) is 0.474. The predicted molar refractivity (Wildman–Crippen MR) is 65.9 cm³/mol. The van der Waals surface area contributed by atoms with E-state index in [1.165, 1.54) is 12.8 Å². The van der Waals surface area contributed by atoms with E-state index < -0.39 is 0 Å². The Balaban J connectivity index is 2.33. The zero-order valence-electron chi connectivity index (χ0n) is 10.7. The average molecular weight is 211 g/mol. The summed E-state index contributed by atoms with van der Waals surface area (Å²) in [5, 5.41) is 3.19. The van der Waals surface area contributed by atoms with Crippen molar-refractivity contribution < 1.29 is 0 Å². The SMILES string of the molecule is CC(C)C[C@@H]1C[C@H]1N=C(N)NC(C)(C)C. The number of aliphatic imine (C=N–C) groups is 1. The molecule has 0 spiro atoms. The first-order chi connectivity index (χ1) is 6.78. The van der Waals surface area contributed by atoms with Crippen molar-refractivity contribution in [1.82, 2.24) is 5.32 Å². The standard InChI is InChI=1S/C12H25N3/c1-8(2)6-9-7-10(9)14-11(13)15-12(3,4)5/h8-10H,6-7H2,1-5H3,(H3,13,14,15)/t9-,10-/m1/s1. The summed E-state index contributed by atoms with van der Waals surface area (Å²) >= 11 is 0. The maximum Gasteiger partial charge on any atom is 0.189 e. The highest BCUT2D eigenvalue weighted by Gasteiger charge is 2.37. The average Bonchev–Trinajstić information content (AvgIpc) is 2.60. The maximum absolute atomic E-state index is 5.83. The van der Waals surface area contributed by atoms with E-state index in [2.05, 4.69) is 44.9 Å². The van der Waals surface area contributed by atoms with Crippen LogP contribution in [0.4, 0.5) is 0 Å². The molecular formula is C12H25N3. The van der Waals surface area contributed by atoms with E-state index in [1.807, 2.05) is 0 Å². The topological polar surface area (TPSA) is 50.4 Å². The number of nitrogens with two attached hydrogens (primary N) is 1. The lowest BCUT2D eigenvalue weighted by Crippen LogP contribution is -2.45. The first-order valence-electron chi connectivity index (χ1n) is 5.89. The molecule has 0 bridgehead atoms. The summed E-state index contributed by atoms with van der Waals surface area (Å²) in [5.41, 5.74) is 5.84. The third kappa shape index (κ3) is 5.05. The molecule has 3 nitrogen and oxygen atoms in total. The molecule has 15 heavy (non-hydrogen) atoms. The van der Waals surface area contributed by atoms with Gasteiger partial charge >= 0.3 is 0 Å². The third-order valence-corrected chi connectivity index (χ3v) is 2.47. The summed E-state index contributed by atoms with van der Waals surface area (Å²) in [4.78, 5) is 4.49. The Morgan fingerprint density at radius 2 is 2.07 bits per heavy atom. The van der Waals surface area contributed by atoms with Crippen LogP contribution < -0.4 is 11.1 Å². The molecule has 3 heteroatoms. The van der Waals surface area contributed by atoms with Gasteiger partial charge in [0.15, 0.2) is 5.96 Å². The minimum Gasteiger partial charge on any atom is -0.370 e. The zero-order valence-corrected chi connectivity index (χ0v) is 10.7. The smallest absolute Gasteiger partial charge is 0.189 e. The summed E-state index contributed by atoms with van der Waals surface area (Å²) in [7, 11) is 0. The van der Waals surface area contributed by atoms with E-state index in [1.54, 1.807) is 0 Å². The fourth-order valence-corrected chi connectivity index (χ4v) is 1.84. The predicted octanol–water partition coefficient (Wildman–Crippen LogP) is 2.12. The van der Waals surface area contributed by atoms with Gasteiger partial charge in [0.1, 0.15) is 0 Å². The van der Waals surface area contributed by atoms with Crippen molar-refractivity contribution in [2.75, 3.05) is 0 Å². The minimum absolute atomic E-state index is 0.00994. The second kappa shape index (κ2) is 4.42. The molecule has 1 fully saturated rings. The second-order valence-corrected chi connectivity index (χ2v) is 6.08. The molecule has 2 atom stereocenters. The molecule has 0 aromatic carbocycles. The zero-order chi connectivity index (χ0) is 11.6. The highest BCUT2D eigenvalue weighted by atomic mass is 15.1. The number of guanidine groups is 1. The molecule has 3 N–H and O–H groups in total. The number of hydrogen-bond acceptors (Lipinski definition) is 1. The van der Waals surface area contributed by atoms with Gasteiger partial charge in [-0.25, -0.2) is 4.99 Å². The summed E-state index contributed by atoms with van der Waals surface area (Å²) < 4.78 is 0. The van der Waals surface area contributed by atoms with Crippen molar-refractivity contribution >= 4 is 5.96 Å². The molecule has 1 aliphatic rings. The normalized spacial score (nSPS) is 26.9. The number of nitrogens with one attached hydrogen (secondary N) is 1. The van der Waals surface area contributed by atoms with Crippen LogP contribution in [0.1, 0.15) is 47.5 Å². The number of hydrogen-bond donors (Lipinski definition) is 2. The molecule has 0 radical (unpaired) electrons. The molecule has 0 heterocycles. The van der Waals surface area contributed by atoms with Crippen LogP contribution in [-0.4, -0.2) is 17.5 Å². The molecule has 1 saturated carbocycles. The lowest BCUT2D eigenvalue weighted by molar-refractivity contribution is 0.505. The highest BCUT2D eigenvalue weighted by molar-refractivity contribution is 5.78. The van der Waals surface area contributed by atoms with Crippen LogP contribution >= 0.6 is 0 Å². The first-order valence-corrected chi connectivity index (χ1v) is 5.89. The summed E-state index contributed by atoms with van der Waals surface area (Å²) in [6.07, 6.45) is 2.49. The Bertz CT molecular complexity index is 238. The van der Waals surface area contributed by atoms with Crippen LogP contribution in [-0.2, 0) is 0 Å². The Labute approximate surface area is 93.5 Å². The summed E-state index contributed by atoms with van der Waals surface area (Å²) in [6.45, 7) is 10.8. The maximum atomic E-state index is 5.83. The van der Waals surface area contributed by atoms with E-state index in [-0.39, 0.29) is 5.54 Å². The largest absolute Gasteiger partial charge is 0.370 e. The van der Waals surface area contributed by atoms with Crippen LogP contribution in [0.3, 0.4) is 0 Å². The Morgan fingerprint density at radius 1 is 1.47 bits per heavy atom. The number of rotatable bonds is 3. The molecule has 0 amide bonds. The van der Waals surface area contributed by atoms with Crippen LogP contribution in [0.15, 0.2) is 4.99 Å². The van der Waals surface area contributed by atoms with E-state index in [0.29, 0.717) is 12.0 Å². The van der Waals surface area contributed by atoms with Gasteiger partial charge in [0.05, 0.1) is 6.04 Å². The van der Waals surface area contributed by atoms with Crippen LogP contribution in [0.25, 0.3) is 0 Å². The Morgan fingerprint density at radius 3 is 2.53 bits per heavy atom. The van der Waals surface area contributed by atoms with Gasteiger partial charge < -0.3 is 11.1 Å². The lowest BCUT2D eigenvalue weighted by Gasteiger charge is -2.21. The van der Waals surface area contributed by atoms with Crippen molar-refractivity contribution in [3.05, 3.63) is 0 Å². The quantitative estimate of drug-likeness (QED) is 0.555. The van der Waals surface area contributed by atoms with E-state index >= 15 is 0 Å². The lowest BCUT2D eigenvalue weighted by atomic mass is 10.1. The van der Waals surface area contributed by atoms with Gasteiger partial charge in [0, 0.05) is 5.54 Å². The molecule has 88 valence electrons.